The molecule has 1 aliphatic carbocycles. The Labute approximate surface area is 171 Å². The molecule has 1 amide bonds. The Morgan fingerprint density at radius 1 is 1.24 bits per heavy atom. The number of thiophene rings is 1. The molecule has 2 heterocycles. The van der Waals surface area contributed by atoms with Gasteiger partial charge in [-0.1, -0.05) is 12.1 Å². The first kappa shape index (κ1) is 19.3. The van der Waals surface area contributed by atoms with E-state index in [0.29, 0.717) is 16.6 Å². The number of fused-ring (bicyclic) bond motifs is 3. The van der Waals surface area contributed by atoms with Gasteiger partial charge in [-0.3, -0.25) is 14.2 Å². The van der Waals surface area contributed by atoms with Crippen molar-refractivity contribution in [2.75, 3.05) is 19.1 Å². The molecule has 0 atom stereocenters. The van der Waals surface area contributed by atoms with Crippen LogP contribution in [0.15, 0.2) is 35.4 Å². The van der Waals surface area contributed by atoms with Crippen molar-refractivity contribution >= 4 is 39.1 Å². The van der Waals surface area contributed by atoms with Gasteiger partial charge in [-0.25, -0.2) is 9.78 Å². The number of amides is 1. The molecule has 7 nitrogen and oxygen atoms in total. The molecule has 3 aromatic rings. The number of carbonyl (C=O) groups is 2. The summed E-state index contributed by atoms with van der Waals surface area (Å²) in [6, 6.07) is 6.71. The van der Waals surface area contributed by atoms with Crippen LogP contribution in [0.25, 0.3) is 10.2 Å². The van der Waals surface area contributed by atoms with E-state index in [1.54, 1.807) is 42.6 Å². The third-order valence-electron chi connectivity index (χ3n) is 5.29. The molecule has 29 heavy (non-hydrogen) atoms. The van der Waals surface area contributed by atoms with Crippen LogP contribution in [0.4, 0.5) is 5.69 Å². The van der Waals surface area contributed by atoms with Crippen molar-refractivity contribution in [3.05, 3.63) is 57.0 Å². The number of ether oxygens (including phenoxy) is 1. The molecule has 1 aliphatic rings. The smallest absolute Gasteiger partial charge is 0.339 e. The van der Waals surface area contributed by atoms with Gasteiger partial charge in [0.05, 0.1) is 30.1 Å². The molecule has 150 valence electrons. The Morgan fingerprint density at radius 3 is 2.79 bits per heavy atom. The number of aromatic nitrogens is 2. The van der Waals surface area contributed by atoms with Crippen molar-refractivity contribution in [1.29, 1.82) is 0 Å². The minimum Gasteiger partial charge on any atom is -0.465 e. The standard InChI is InChI=1S/C21H21N3O4S/c1-23(15-9-5-3-7-13(15)21(27)28-2)17(25)11-24-12-22-19-18(20(24)26)14-8-4-6-10-16(14)29-19/h3,5,7,9,12H,4,6,8,10-11H2,1-2H3. The lowest BCUT2D eigenvalue weighted by Crippen LogP contribution is -2.35. The number of anilines is 1. The number of likely N-dealkylation sites (N-methyl/N-ethyl adjacent to an activating group) is 1. The number of esters is 1. The van der Waals surface area contributed by atoms with Gasteiger partial charge in [0, 0.05) is 11.9 Å². The van der Waals surface area contributed by atoms with Gasteiger partial charge in [0.2, 0.25) is 5.91 Å². The summed E-state index contributed by atoms with van der Waals surface area (Å²) in [5.41, 5.74) is 1.63. The number of aryl methyl sites for hydroxylation is 2. The highest BCUT2D eigenvalue weighted by Gasteiger charge is 2.22. The minimum atomic E-state index is -0.523. The Balaban J connectivity index is 1.65. The lowest BCUT2D eigenvalue weighted by Gasteiger charge is -2.20. The van der Waals surface area contributed by atoms with E-state index in [4.69, 9.17) is 4.74 Å². The summed E-state index contributed by atoms with van der Waals surface area (Å²) < 4.78 is 6.15. The fourth-order valence-corrected chi connectivity index (χ4v) is 4.95. The highest BCUT2D eigenvalue weighted by molar-refractivity contribution is 7.18. The quantitative estimate of drug-likeness (QED) is 0.617. The number of hydrogen-bond acceptors (Lipinski definition) is 6. The Hall–Kier alpha value is -3.00. The highest BCUT2D eigenvalue weighted by Crippen LogP contribution is 2.33. The molecule has 0 N–H and O–H groups in total. The number of nitrogens with zero attached hydrogens (tertiary/aromatic N) is 3. The molecule has 2 aromatic heterocycles. The van der Waals surface area contributed by atoms with Gasteiger partial charge in [-0.2, -0.15) is 0 Å². The van der Waals surface area contributed by atoms with E-state index in [1.807, 2.05) is 0 Å². The second-order valence-electron chi connectivity index (χ2n) is 7.03. The minimum absolute atomic E-state index is 0.154. The van der Waals surface area contributed by atoms with Crippen molar-refractivity contribution in [3.8, 4) is 0 Å². The van der Waals surface area contributed by atoms with Gasteiger partial charge in [-0.15, -0.1) is 11.3 Å². The topological polar surface area (TPSA) is 81.5 Å². The van der Waals surface area contributed by atoms with Crippen LogP contribution in [-0.2, 0) is 28.9 Å². The van der Waals surface area contributed by atoms with Crippen molar-refractivity contribution in [1.82, 2.24) is 9.55 Å². The molecular weight excluding hydrogens is 390 g/mol. The zero-order valence-corrected chi connectivity index (χ0v) is 17.1. The van der Waals surface area contributed by atoms with E-state index in [9.17, 15) is 14.4 Å². The first-order valence-electron chi connectivity index (χ1n) is 9.45. The van der Waals surface area contributed by atoms with E-state index in [2.05, 4.69) is 4.98 Å². The summed E-state index contributed by atoms with van der Waals surface area (Å²) in [4.78, 5) is 45.7. The van der Waals surface area contributed by atoms with E-state index in [-0.39, 0.29) is 18.0 Å². The summed E-state index contributed by atoms with van der Waals surface area (Å²) in [5.74, 6) is -0.848. The molecule has 0 bridgehead atoms. The number of rotatable bonds is 4. The number of methoxy groups -OCH3 is 1. The molecule has 0 radical (unpaired) electrons. The molecule has 0 aliphatic heterocycles. The summed E-state index contributed by atoms with van der Waals surface area (Å²) in [5, 5.41) is 0.651. The van der Waals surface area contributed by atoms with Crippen molar-refractivity contribution in [2.24, 2.45) is 0 Å². The van der Waals surface area contributed by atoms with Gasteiger partial charge >= 0.3 is 5.97 Å². The summed E-state index contributed by atoms with van der Waals surface area (Å²) in [6.45, 7) is -0.154. The zero-order chi connectivity index (χ0) is 20.5. The number of carbonyl (C=O) groups excluding carboxylic acids is 2. The Morgan fingerprint density at radius 2 is 2.00 bits per heavy atom. The molecule has 0 fully saturated rings. The second kappa shape index (κ2) is 7.79. The zero-order valence-electron chi connectivity index (χ0n) is 16.3. The molecule has 8 heteroatoms. The SMILES string of the molecule is COC(=O)c1ccccc1N(C)C(=O)Cn1cnc2sc3c(c2c1=O)CCCC3. The molecule has 0 spiro atoms. The first-order valence-corrected chi connectivity index (χ1v) is 10.3. The van der Waals surface area contributed by atoms with Crippen LogP contribution in [-0.4, -0.2) is 35.6 Å². The summed E-state index contributed by atoms with van der Waals surface area (Å²) in [6.07, 6.45) is 5.51. The number of hydrogen-bond donors (Lipinski definition) is 0. The van der Waals surface area contributed by atoms with Gasteiger partial charge < -0.3 is 9.64 Å². The van der Waals surface area contributed by atoms with Gasteiger partial charge in [-0.05, 0) is 43.4 Å². The Kier molecular flexibility index (Phi) is 5.19. The van der Waals surface area contributed by atoms with Crippen molar-refractivity contribution < 1.29 is 14.3 Å². The van der Waals surface area contributed by atoms with Crippen LogP contribution in [0.1, 0.15) is 33.6 Å². The van der Waals surface area contributed by atoms with E-state index in [0.717, 1.165) is 36.1 Å². The van der Waals surface area contributed by atoms with Crippen LogP contribution >= 0.6 is 11.3 Å². The molecule has 0 saturated heterocycles. The third-order valence-corrected chi connectivity index (χ3v) is 6.49. The Bertz CT molecular complexity index is 1160. The third kappa shape index (κ3) is 3.44. The molecule has 4 rings (SSSR count). The predicted octanol–water partition coefficient (Wildman–Crippen LogP) is 2.79. The number of para-hydroxylation sites is 1. The predicted molar refractivity (Wildman–Crippen MR) is 112 cm³/mol. The van der Waals surface area contributed by atoms with Crippen LogP contribution in [0, 0.1) is 0 Å². The van der Waals surface area contributed by atoms with E-state index in [1.165, 1.54) is 27.8 Å². The largest absolute Gasteiger partial charge is 0.465 e. The average molecular weight is 411 g/mol. The van der Waals surface area contributed by atoms with Crippen LogP contribution in [0.3, 0.4) is 0 Å². The molecule has 1 aromatic carbocycles. The molecule has 0 unspecified atom stereocenters. The lowest BCUT2D eigenvalue weighted by atomic mass is 9.97. The fraction of sp³-hybridized carbons (Fsp3) is 0.333. The van der Waals surface area contributed by atoms with Gasteiger partial charge in [0.1, 0.15) is 11.4 Å². The average Bonchev–Trinajstić information content (AvgIpc) is 3.13. The van der Waals surface area contributed by atoms with Crippen LogP contribution in [0.2, 0.25) is 0 Å². The van der Waals surface area contributed by atoms with E-state index >= 15 is 0 Å². The summed E-state index contributed by atoms with van der Waals surface area (Å²) >= 11 is 1.58. The van der Waals surface area contributed by atoms with Crippen molar-refractivity contribution in [3.63, 3.8) is 0 Å². The molecular formula is C21H21N3O4S. The maximum absolute atomic E-state index is 13.1. The molecule has 0 saturated carbocycles. The van der Waals surface area contributed by atoms with Crippen LogP contribution in [0.5, 0.6) is 0 Å². The van der Waals surface area contributed by atoms with Gasteiger partial charge in [0.15, 0.2) is 0 Å². The highest BCUT2D eigenvalue weighted by atomic mass is 32.1. The monoisotopic (exact) mass is 411 g/mol. The maximum atomic E-state index is 13.1. The normalized spacial score (nSPS) is 13.2. The maximum Gasteiger partial charge on any atom is 0.339 e. The first-order chi connectivity index (χ1) is 14.0. The summed E-state index contributed by atoms with van der Waals surface area (Å²) in [7, 11) is 2.87. The fourth-order valence-electron chi connectivity index (χ4n) is 3.73. The van der Waals surface area contributed by atoms with E-state index < -0.39 is 5.97 Å². The van der Waals surface area contributed by atoms with Gasteiger partial charge in [0.25, 0.3) is 5.56 Å². The number of benzene rings is 1. The second-order valence-corrected chi connectivity index (χ2v) is 8.11. The lowest BCUT2D eigenvalue weighted by molar-refractivity contribution is -0.118. The van der Waals surface area contributed by atoms with Crippen molar-refractivity contribution in [2.45, 2.75) is 32.2 Å². The van der Waals surface area contributed by atoms with Crippen LogP contribution < -0.4 is 10.5 Å².